The summed E-state index contributed by atoms with van der Waals surface area (Å²) in [6.45, 7) is 10.9. The number of rotatable bonds is 7. The second kappa shape index (κ2) is 9.67. The Balaban J connectivity index is 2.67. The summed E-state index contributed by atoms with van der Waals surface area (Å²) >= 11 is 0. The number of nitrogens with one attached hydrogen (secondary N) is 1. The highest BCUT2D eigenvalue weighted by molar-refractivity contribution is 5.78. The number of piperidine rings is 1. The Morgan fingerprint density at radius 1 is 1.36 bits per heavy atom. The summed E-state index contributed by atoms with van der Waals surface area (Å²) in [5.41, 5.74) is 1.05. The number of nitrogens with zero attached hydrogens (tertiary/aromatic N) is 3. The van der Waals surface area contributed by atoms with Crippen LogP contribution in [0, 0.1) is 0 Å². The molecule has 0 radical (unpaired) electrons. The van der Waals surface area contributed by atoms with Gasteiger partial charge in [0.05, 0.1) is 6.21 Å². The van der Waals surface area contributed by atoms with Crippen molar-refractivity contribution in [3.8, 4) is 0 Å². The fourth-order valence-corrected chi connectivity index (χ4v) is 2.79. The lowest BCUT2D eigenvalue weighted by Crippen LogP contribution is -2.45. The standard InChI is InChI=1S/C18H34N4/c1-7-9-18(20-14-16(8-2)19-5)22-12-10-17(11-13-22)21(6)15(3)4/h8-9,14-15,17,19H,7,10-13H2,1-6H3/b16-8+,18-9+,20-14-. The first-order valence-corrected chi connectivity index (χ1v) is 8.58. The maximum Gasteiger partial charge on any atom is 0.124 e. The summed E-state index contributed by atoms with van der Waals surface area (Å²) < 4.78 is 0. The highest BCUT2D eigenvalue weighted by atomic mass is 15.2. The molecule has 0 aromatic heterocycles. The molecule has 22 heavy (non-hydrogen) atoms. The molecule has 4 heteroatoms. The Kier molecular flexibility index (Phi) is 8.25. The molecule has 1 aliphatic rings. The van der Waals surface area contributed by atoms with Crippen LogP contribution in [-0.4, -0.2) is 55.3 Å². The fraction of sp³-hybridized carbons (Fsp3) is 0.722. The highest BCUT2D eigenvalue weighted by Crippen LogP contribution is 2.21. The summed E-state index contributed by atoms with van der Waals surface area (Å²) in [4.78, 5) is 9.63. The normalized spacial score (nSPS) is 18.8. The Morgan fingerprint density at radius 2 is 2.00 bits per heavy atom. The second-order valence-electron chi connectivity index (χ2n) is 6.20. The summed E-state index contributed by atoms with van der Waals surface area (Å²) in [6, 6.07) is 1.32. The first-order valence-electron chi connectivity index (χ1n) is 8.58. The van der Waals surface area contributed by atoms with Gasteiger partial charge in [-0.2, -0.15) is 0 Å². The number of likely N-dealkylation sites (tertiary alicyclic amines) is 1. The SMILES string of the molecule is C\C=C(/C=N\C(=C/CC)N1CCC(N(C)C(C)C)CC1)NC. The summed E-state index contributed by atoms with van der Waals surface area (Å²) in [7, 11) is 4.18. The van der Waals surface area contributed by atoms with Crippen LogP contribution in [0.1, 0.15) is 47.0 Å². The van der Waals surface area contributed by atoms with Gasteiger partial charge in [-0.3, -0.25) is 0 Å². The predicted molar refractivity (Wildman–Crippen MR) is 97.2 cm³/mol. The van der Waals surface area contributed by atoms with Crippen LogP contribution in [0.15, 0.2) is 28.7 Å². The van der Waals surface area contributed by atoms with Crippen molar-refractivity contribution in [1.82, 2.24) is 15.1 Å². The van der Waals surface area contributed by atoms with Crippen molar-refractivity contribution in [3.05, 3.63) is 23.7 Å². The molecule has 1 saturated heterocycles. The third-order valence-electron chi connectivity index (χ3n) is 4.50. The Hall–Kier alpha value is -1.29. The van der Waals surface area contributed by atoms with Crippen molar-refractivity contribution in [2.24, 2.45) is 4.99 Å². The van der Waals surface area contributed by atoms with Crippen molar-refractivity contribution in [3.63, 3.8) is 0 Å². The van der Waals surface area contributed by atoms with Crippen LogP contribution in [0.2, 0.25) is 0 Å². The first-order chi connectivity index (χ1) is 10.5. The molecule has 0 atom stereocenters. The summed E-state index contributed by atoms with van der Waals surface area (Å²) in [5.74, 6) is 1.11. The van der Waals surface area contributed by atoms with Gasteiger partial charge in [0, 0.05) is 37.9 Å². The van der Waals surface area contributed by atoms with Gasteiger partial charge in [0.25, 0.3) is 0 Å². The van der Waals surface area contributed by atoms with Gasteiger partial charge in [-0.1, -0.05) is 13.0 Å². The Morgan fingerprint density at radius 3 is 2.45 bits per heavy atom. The van der Waals surface area contributed by atoms with Gasteiger partial charge in [-0.05, 0) is 53.2 Å². The number of hydrogen-bond donors (Lipinski definition) is 1. The van der Waals surface area contributed by atoms with Crippen molar-refractivity contribution < 1.29 is 0 Å². The van der Waals surface area contributed by atoms with Gasteiger partial charge in [0.2, 0.25) is 0 Å². The molecule has 0 saturated carbocycles. The van der Waals surface area contributed by atoms with Crippen LogP contribution in [0.25, 0.3) is 0 Å². The smallest absolute Gasteiger partial charge is 0.124 e. The number of allylic oxidation sites excluding steroid dienone is 3. The van der Waals surface area contributed by atoms with Crippen LogP contribution in [0.3, 0.4) is 0 Å². The van der Waals surface area contributed by atoms with E-state index in [1.165, 1.54) is 12.8 Å². The molecule has 0 bridgehead atoms. The predicted octanol–water partition coefficient (Wildman–Crippen LogP) is 3.24. The molecule has 1 rings (SSSR count). The Bertz CT molecular complexity index is 401. The molecular weight excluding hydrogens is 272 g/mol. The van der Waals surface area contributed by atoms with E-state index in [0.29, 0.717) is 12.1 Å². The summed E-state index contributed by atoms with van der Waals surface area (Å²) in [5, 5.41) is 3.15. The monoisotopic (exact) mass is 306 g/mol. The fourth-order valence-electron chi connectivity index (χ4n) is 2.79. The molecular formula is C18H34N4. The average Bonchev–Trinajstić information content (AvgIpc) is 2.54. The zero-order valence-corrected chi connectivity index (χ0v) is 15.3. The van der Waals surface area contributed by atoms with Crippen LogP contribution in [0.5, 0.6) is 0 Å². The molecule has 1 heterocycles. The van der Waals surface area contributed by atoms with Crippen molar-refractivity contribution >= 4 is 6.21 Å². The molecule has 0 amide bonds. The molecule has 1 aliphatic heterocycles. The van der Waals surface area contributed by atoms with Crippen LogP contribution < -0.4 is 5.32 Å². The number of hydrogen-bond acceptors (Lipinski definition) is 4. The lowest BCUT2D eigenvalue weighted by atomic mass is 10.0. The zero-order valence-electron chi connectivity index (χ0n) is 15.3. The van der Waals surface area contributed by atoms with E-state index < -0.39 is 0 Å². The lowest BCUT2D eigenvalue weighted by molar-refractivity contribution is 0.122. The average molecular weight is 306 g/mol. The Labute approximate surface area is 137 Å². The van der Waals surface area contributed by atoms with Gasteiger partial charge in [0.15, 0.2) is 0 Å². The van der Waals surface area contributed by atoms with Gasteiger partial charge in [-0.25, -0.2) is 4.99 Å². The van der Waals surface area contributed by atoms with Gasteiger partial charge >= 0.3 is 0 Å². The molecule has 1 N–H and O–H groups in total. The second-order valence-corrected chi connectivity index (χ2v) is 6.20. The van der Waals surface area contributed by atoms with Gasteiger partial charge in [0.1, 0.15) is 5.82 Å². The topological polar surface area (TPSA) is 30.9 Å². The quantitative estimate of drug-likeness (QED) is 0.733. The molecule has 0 aromatic rings. The van der Waals surface area contributed by atoms with Crippen LogP contribution in [0.4, 0.5) is 0 Å². The van der Waals surface area contributed by atoms with Crippen molar-refractivity contribution in [2.45, 2.75) is 59.0 Å². The van der Waals surface area contributed by atoms with E-state index >= 15 is 0 Å². The molecule has 0 spiro atoms. The van der Waals surface area contributed by atoms with Gasteiger partial charge in [-0.15, -0.1) is 0 Å². The van der Waals surface area contributed by atoms with Crippen molar-refractivity contribution in [1.29, 1.82) is 0 Å². The maximum absolute atomic E-state index is 4.70. The van der Waals surface area contributed by atoms with E-state index in [9.17, 15) is 0 Å². The minimum absolute atomic E-state index is 0.619. The van der Waals surface area contributed by atoms with E-state index in [1.54, 1.807) is 0 Å². The number of aliphatic imine (C=N–C) groups is 1. The van der Waals surface area contributed by atoms with Crippen LogP contribution >= 0.6 is 0 Å². The highest BCUT2D eigenvalue weighted by Gasteiger charge is 2.24. The van der Waals surface area contributed by atoms with Crippen LogP contribution in [-0.2, 0) is 0 Å². The summed E-state index contributed by atoms with van der Waals surface area (Å²) in [6.07, 6.45) is 9.64. The third-order valence-corrected chi connectivity index (χ3v) is 4.50. The minimum Gasteiger partial charge on any atom is -0.387 e. The molecule has 0 unspecified atom stereocenters. The lowest BCUT2D eigenvalue weighted by Gasteiger charge is -2.39. The molecule has 0 aromatic carbocycles. The van der Waals surface area contributed by atoms with E-state index in [2.05, 4.69) is 49.0 Å². The van der Waals surface area contributed by atoms with E-state index in [1.807, 2.05) is 26.3 Å². The van der Waals surface area contributed by atoms with E-state index in [-0.39, 0.29) is 0 Å². The first kappa shape index (κ1) is 18.8. The third kappa shape index (κ3) is 5.48. The van der Waals surface area contributed by atoms with E-state index in [4.69, 9.17) is 4.99 Å². The van der Waals surface area contributed by atoms with E-state index in [0.717, 1.165) is 31.0 Å². The molecule has 0 aliphatic carbocycles. The minimum atomic E-state index is 0.619. The molecule has 1 fully saturated rings. The van der Waals surface area contributed by atoms with Crippen molar-refractivity contribution in [2.75, 3.05) is 27.2 Å². The zero-order chi connectivity index (χ0) is 16.5. The molecule has 4 nitrogen and oxygen atoms in total. The van der Waals surface area contributed by atoms with Gasteiger partial charge < -0.3 is 15.1 Å². The largest absolute Gasteiger partial charge is 0.387 e. The molecule has 126 valence electrons. The maximum atomic E-state index is 4.70.